The Balaban J connectivity index is 1.60. The molecular weight excluding hydrogens is 379 g/mol. The molecule has 1 aliphatic rings. The molecule has 29 heavy (non-hydrogen) atoms. The van der Waals surface area contributed by atoms with Gasteiger partial charge < -0.3 is 10.1 Å². The normalized spacial score (nSPS) is 13.3. The fraction of sp³-hybridized carbons (Fsp3) is 0.136. The van der Waals surface area contributed by atoms with Crippen LogP contribution in [0.5, 0.6) is 5.75 Å². The van der Waals surface area contributed by atoms with Gasteiger partial charge in [0, 0.05) is 17.7 Å². The van der Waals surface area contributed by atoms with E-state index in [0.717, 1.165) is 46.4 Å². The molecule has 1 aromatic heterocycles. The molecule has 0 bridgehead atoms. The third kappa shape index (κ3) is 3.18. The second-order valence-corrected chi connectivity index (χ2v) is 6.83. The molecule has 4 aromatic rings. The molecule has 7 heteroatoms. The molecule has 146 valence electrons. The molecule has 0 saturated carbocycles. The molecule has 2 heterocycles. The number of halogens is 3. The minimum atomic E-state index is -4.71. The fourth-order valence-corrected chi connectivity index (χ4v) is 3.80. The van der Waals surface area contributed by atoms with Crippen LogP contribution in [0, 0.1) is 0 Å². The van der Waals surface area contributed by atoms with Crippen molar-refractivity contribution in [2.75, 3.05) is 11.9 Å². The molecule has 3 aromatic carbocycles. The lowest BCUT2D eigenvalue weighted by atomic mass is 9.99. The Morgan fingerprint density at radius 2 is 1.69 bits per heavy atom. The van der Waals surface area contributed by atoms with E-state index < -0.39 is 6.36 Å². The maximum Gasteiger partial charge on any atom is 0.573 e. The first-order valence-electron chi connectivity index (χ1n) is 9.20. The zero-order valence-electron chi connectivity index (χ0n) is 15.2. The van der Waals surface area contributed by atoms with Crippen LogP contribution in [0.3, 0.4) is 0 Å². The molecule has 1 N–H and O–H groups in total. The van der Waals surface area contributed by atoms with E-state index in [1.54, 1.807) is 16.8 Å². The first kappa shape index (κ1) is 17.6. The summed E-state index contributed by atoms with van der Waals surface area (Å²) in [6.45, 7) is 0.792. The van der Waals surface area contributed by atoms with Crippen molar-refractivity contribution < 1.29 is 17.9 Å². The predicted molar refractivity (Wildman–Crippen MR) is 105 cm³/mol. The number of hydrogen-bond acceptors (Lipinski definition) is 3. The van der Waals surface area contributed by atoms with Gasteiger partial charge in [0.2, 0.25) is 0 Å². The van der Waals surface area contributed by atoms with Gasteiger partial charge in [-0.1, -0.05) is 42.5 Å². The molecule has 1 aliphatic heterocycles. The van der Waals surface area contributed by atoms with E-state index in [4.69, 9.17) is 5.10 Å². The summed E-state index contributed by atoms with van der Waals surface area (Å²) in [7, 11) is 0. The largest absolute Gasteiger partial charge is 0.573 e. The van der Waals surface area contributed by atoms with Crippen molar-refractivity contribution in [2.24, 2.45) is 0 Å². The van der Waals surface area contributed by atoms with E-state index in [2.05, 4.69) is 28.3 Å². The summed E-state index contributed by atoms with van der Waals surface area (Å²) in [5.74, 6) is 0.615. The van der Waals surface area contributed by atoms with Crippen molar-refractivity contribution in [2.45, 2.75) is 12.8 Å². The molecule has 0 unspecified atom stereocenters. The van der Waals surface area contributed by atoms with Crippen LogP contribution >= 0.6 is 0 Å². The Morgan fingerprint density at radius 1 is 0.931 bits per heavy atom. The summed E-state index contributed by atoms with van der Waals surface area (Å²) in [6, 6.07) is 20.0. The summed E-state index contributed by atoms with van der Waals surface area (Å²) in [5.41, 5.74) is 3.70. The van der Waals surface area contributed by atoms with Gasteiger partial charge in [0.05, 0.1) is 11.4 Å². The molecule has 4 nitrogen and oxygen atoms in total. The smallest absolute Gasteiger partial charge is 0.406 e. The molecule has 0 spiro atoms. The van der Waals surface area contributed by atoms with Crippen LogP contribution in [0.25, 0.3) is 27.7 Å². The first-order valence-corrected chi connectivity index (χ1v) is 9.20. The topological polar surface area (TPSA) is 39.1 Å². The number of nitrogens with zero attached hydrogens (tertiary/aromatic N) is 2. The van der Waals surface area contributed by atoms with E-state index >= 15 is 0 Å². The number of hydrogen-bond donors (Lipinski definition) is 1. The summed E-state index contributed by atoms with van der Waals surface area (Å²) in [5, 5.41) is 10.4. The highest BCUT2D eigenvalue weighted by molar-refractivity contribution is 5.97. The SMILES string of the molecule is FC(F)(F)Oc1ccc(-n2nc(-c3cccc4ccccc34)c3c2NCC3)cc1. The zero-order chi connectivity index (χ0) is 20.0. The molecule has 0 amide bonds. The van der Waals surface area contributed by atoms with Crippen molar-refractivity contribution in [3.05, 3.63) is 72.3 Å². The lowest BCUT2D eigenvalue weighted by molar-refractivity contribution is -0.274. The van der Waals surface area contributed by atoms with Crippen molar-refractivity contribution in [3.8, 4) is 22.7 Å². The summed E-state index contributed by atoms with van der Waals surface area (Å²) < 4.78 is 43.0. The van der Waals surface area contributed by atoms with E-state index in [-0.39, 0.29) is 5.75 Å². The van der Waals surface area contributed by atoms with Gasteiger partial charge in [0.15, 0.2) is 0 Å². The van der Waals surface area contributed by atoms with E-state index in [1.807, 2.05) is 24.3 Å². The fourth-order valence-electron chi connectivity index (χ4n) is 3.80. The summed E-state index contributed by atoms with van der Waals surface area (Å²) >= 11 is 0. The van der Waals surface area contributed by atoms with Crippen LogP contribution in [-0.4, -0.2) is 22.7 Å². The molecule has 0 fully saturated rings. The zero-order valence-corrected chi connectivity index (χ0v) is 15.2. The van der Waals surface area contributed by atoms with Gasteiger partial charge in [0.1, 0.15) is 11.6 Å². The van der Waals surface area contributed by atoms with Gasteiger partial charge >= 0.3 is 6.36 Å². The molecule has 5 rings (SSSR count). The number of ether oxygens (including phenoxy) is 1. The van der Waals surface area contributed by atoms with Crippen LogP contribution in [0.2, 0.25) is 0 Å². The van der Waals surface area contributed by atoms with Gasteiger partial charge in [-0.2, -0.15) is 5.10 Å². The second-order valence-electron chi connectivity index (χ2n) is 6.83. The minimum Gasteiger partial charge on any atom is -0.406 e. The van der Waals surface area contributed by atoms with Crippen molar-refractivity contribution in [1.82, 2.24) is 9.78 Å². The lowest BCUT2D eigenvalue weighted by Crippen LogP contribution is -2.17. The Hall–Kier alpha value is -3.48. The molecule has 0 atom stereocenters. The predicted octanol–water partition coefficient (Wildman–Crippen LogP) is 5.56. The van der Waals surface area contributed by atoms with E-state index in [1.165, 1.54) is 12.1 Å². The quantitative estimate of drug-likeness (QED) is 0.494. The van der Waals surface area contributed by atoms with Crippen LogP contribution < -0.4 is 10.1 Å². The Morgan fingerprint density at radius 3 is 2.48 bits per heavy atom. The lowest BCUT2D eigenvalue weighted by Gasteiger charge is -2.10. The average Bonchev–Trinajstić information content (AvgIpc) is 3.30. The number of fused-ring (bicyclic) bond motifs is 2. The number of anilines is 1. The molecule has 0 radical (unpaired) electrons. The second kappa shape index (κ2) is 6.55. The number of nitrogens with one attached hydrogen (secondary N) is 1. The van der Waals surface area contributed by atoms with Gasteiger partial charge in [-0.3, -0.25) is 0 Å². The van der Waals surface area contributed by atoms with E-state index in [9.17, 15) is 13.2 Å². The van der Waals surface area contributed by atoms with Crippen LogP contribution in [0.15, 0.2) is 66.7 Å². The summed E-state index contributed by atoms with van der Waals surface area (Å²) in [6.07, 6.45) is -3.87. The van der Waals surface area contributed by atoms with Crippen molar-refractivity contribution >= 4 is 16.6 Å². The van der Waals surface area contributed by atoms with Gasteiger partial charge in [-0.25, -0.2) is 4.68 Å². The van der Waals surface area contributed by atoms with Crippen molar-refractivity contribution in [1.29, 1.82) is 0 Å². The van der Waals surface area contributed by atoms with E-state index in [0.29, 0.717) is 5.69 Å². The van der Waals surface area contributed by atoms with Crippen molar-refractivity contribution in [3.63, 3.8) is 0 Å². The maximum absolute atomic E-state index is 12.4. The van der Waals surface area contributed by atoms with Crippen LogP contribution in [0.4, 0.5) is 19.0 Å². The highest BCUT2D eigenvalue weighted by Gasteiger charge is 2.31. The Bertz CT molecular complexity index is 1190. The Kier molecular flexibility index (Phi) is 3.97. The van der Waals surface area contributed by atoms with Gasteiger partial charge in [-0.05, 0) is 41.5 Å². The third-order valence-electron chi connectivity index (χ3n) is 5.01. The first-order chi connectivity index (χ1) is 14.0. The molecule has 0 aliphatic carbocycles. The standard InChI is InChI=1S/C22H16F3N3O/c23-22(24,25)29-16-10-8-15(9-11-16)28-21-19(12-13-26-21)20(27-28)18-7-3-5-14-4-1-2-6-17(14)18/h1-11,26H,12-13H2. The number of alkyl halides is 3. The number of benzene rings is 3. The van der Waals surface area contributed by atoms with Crippen LogP contribution in [0.1, 0.15) is 5.56 Å². The minimum absolute atomic E-state index is 0.257. The number of aromatic nitrogens is 2. The average molecular weight is 395 g/mol. The number of rotatable bonds is 3. The highest BCUT2D eigenvalue weighted by Crippen LogP contribution is 2.37. The maximum atomic E-state index is 12.4. The molecular formula is C22H16F3N3O. The van der Waals surface area contributed by atoms with Crippen LogP contribution in [-0.2, 0) is 6.42 Å². The van der Waals surface area contributed by atoms with Gasteiger partial charge in [0.25, 0.3) is 0 Å². The Labute approximate surface area is 164 Å². The van der Waals surface area contributed by atoms with Gasteiger partial charge in [-0.15, -0.1) is 13.2 Å². The monoisotopic (exact) mass is 395 g/mol. The third-order valence-corrected chi connectivity index (χ3v) is 5.01. The highest BCUT2D eigenvalue weighted by atomic mass is 19.4. The summed E-state index contributed by atoms with van der Waals surface area (Å²) in [4.78, 5) is 0. The molecule has 0 saturated heterocycles.